The van der Waals surface area contributed by atoms with Gasteiger partial charge in [0.15, 0.2) is 5.76 Å². The van der Waals surface area contributed by atoms with E-state index in [9.17, 15) is 4.79 Å². The first kappa shape index (κ1) is 29.5. The van der Waals surface area contributed by atoms with Gasteiger partial charge in [-0.3, -0.25) is 4.79 Å². The summed E-state index contributed by atoms with van der Waals surface area (Å²) in [6, 6.07) is 25.4. The molecule has 0 bridgehead atoms. The first-order valence-electron chi connectivity index (χ1n) is 14.3. The molecule has 0 aliphatic rings. The van der Waals surface area contributed by atoms with Crippen molar-refractivity contribution in [2.24, 2.45) is 5.10 Å². The van der Waals surface area contributed by atoms with Crippen LogP contribution in [0.2, 0.25) is 0 Å². The molecule has 8 heteroatoms. The van der Waals surface area contributed by atoms with Crippen LogP contribution < -0.4 is 14.9 Å². The van der Waals surface area contributed by atoms with Gasteiger partial charge in [0, 0.05) is 39.7 Å². The molecule has 0 saturated carbocycles. The van der Waals surface area contributed by atoms with E-state index in [4.69, 9.17) is 13.9 Å². The molecule has 0 radical (unpaired) electrons. The van der Waals surface area contributed by atoms with Crippen molar-refractivity contribution < 1.29 is 18.7 Å². The maximum Gasteiger partial charge on any atom is 0.307 e. The van der Waals surface area contributed by atoms with E-state index in [2.05, 4.69) is 45.6 Å². The highest BCUT2D eigenvalue weighted by molar-refractivity contribution is 5.92. The molecule has 0 aliphatic carbocycles. The lowest BCUT2D eigenvalue weighted by atomic mass is 10.2. The molecule has 1 N–H and O–H groups in total. The molecule has 0 fully saturated rings. The lowest BCUT2D eigenvalue weighted by Crippen LogP contribution is -2.22. The normalized spacial score (nSPS) is 11.7. The maximum atomic E-state index is 12.7. The van der Waals surface area contributed by atoms with Gasteiger partial charge in [0.25, 0.3) is 0 Å². The van der Waals surface area contributed by atoms with E-state index in [0.717, 1.165) is 34.1 Å². The zero-order chi connectivity index (χ0) is 30.7. The van der Waals surface area contributed by atoms with Gasteiger partial charge in [0.1, 0.15) is 29.5 Å². The number of nitrogens with zero attached hydrogens (tertiary/aromatic N) is 3. The van der Waals surface area contributed by atoms with Gasteiger partial charge in [-0.15, -0.1) is 0 Å². The van der Waals surface area contributed by atoms with E-state index >= 15 is 0 Å². The van der Waals surface area contributed by atoms with Crippen LogP contribution in [0.1, 0.15) is 65.4 Å². The Morgan fingerprint density at radius 3 is 2.05 bits per heavy atom. The van der Waals surface area contributed by atoms with Gasteiger partial charge in [-0.05, 0) is 127 Å². The molecule has 0 unspecified atom stereocenters. The van der Waals surface area contributed by atoms with Crippen LogP contribution in [0.15, 0.2) is 88.4 Å². The molecule has 43 heavy (non-hydrogen) atoms. The molecule has 222 valence electrons. The monoisotopic (exact) mass is 578 g/mol. The van der Waals surface area contributed by atoms with Crippen LogP contribution in [0.25, 0.3) is 11.4 Å². The first-order chi connectivity index (χ1) is 20.5. The highest BCUT2D eigenvalue weighted by Crippen LogP contribution is 2.24. The first-order valence-corrected chi connectivity index (χ1v) is 14.3. The molecule has 0 saturated heterocycles. The Hall–Kier alpha value is -4.98. The van der Waals surface area contributed by atoms with E-state index in [-0.39, 0.29) is 18.0 Å². The number of carbonyl (C=O) groups excluding carboxylic acids is 1. The van der Waals surface area contributed by atoms with Crippen molar-refractivity contribution in [3.05, 3.63) is 119 Å². The minimum atomic E-state index is -0.437. The standard InChI is InChI=1S/C35H38N4O4/c1-23-8-9-24(2)38(23)28-10-14-30(15-11-28)41-22-32-18-19-33(42-32)34(40)37-36-21-27-20-25(3)39(26(27)4)29-12-16-31(17-13-29)43-35(5,6)7/h8-21H,22H2,1-7H3,(H,37,40)/b36-21+. The molecule has 3 heterocycles. The average Bonchev–Trinajstić information content (AvgIpc) is 3.65. The summed E-state index contributed by atoms with van der Waals surface area (Å²) in [4.78, 5) is 12.7. The van der Waals surface area contributed by atoms with E-state index in [1.807, 2.05) is 89.2 Å². The van der Waals surface area contributed by atoms with Gasteiger partial charge in [-0.1, -0.05) is 0 Å². The Kier molecular flexibility index (Phi) is 8.30. The van der Waals surface area contributed by atoms with Crippen molar-refractivity contribution >= 4 is 12.1 Å². The summed E-state index contributed by atoms with van der Waals surface area (Å²) >= 11 is 0. The zero-order valence-electron chi connectivity index (χ0n) is 25.8. The van der Waals surface area contributed by atoms with Crippen LogP contribution >= 0.6 is 0 Å². The molecule has 0 aliphatic heterocycles. The highest BCUT2D eigenvalue weighted by atomic mass is 16.5. The highest BCUT2D eigenvalue weighted by Gasteiger charge is 2.14. The quantitative estimate of drug-likeness (QED) is 0.144. The molecule has 5 aromatic rings. The van der Waals surface area contributed by atoms with Crippen LogP contribution in [-0.4, -0.2) is 26.9 Å². The molecule has 2 aromatic carbocycles. The molecule has 3 aromatic heterocycles. The number of aryl methyl sites for hydroxylation is 3. The third kappa shape index (κ3) is 6.92. The van der Waals surface area contributed by atoms with E-state index in [0.29, 0.717) is 11.5 Å². The molecular formula is C35H38N4O4. The van der Waals surface area contributed by atoms with Gasteiger partial charge in [0.05, 0.1) is 6.21 Å². The fraction of sp³-hybridized carbons (Fsp3) is 0.257. The SMILES string of the molecule is Cc1ccc(C)n1-c1ccc(OCc2ccc(C(=O)N/N=C/c3cc(C)n(-c4ccc(OC(C)(C)C)cc4)c3C)o2)cc1. The minimum absolute atomic E-state index is 0.160. The summed E-state index contributed by atoms with van der Waals surface area (Å²) in [6.07, 6.45) is 1.64. The fourth-order valence-corrected chi connectivity index (χ4v) is 5.05. The summed E-state index contributed by atoms with van der Waals surface area (Å²) in [5.74, 6) is 1.80. The lowest BCUT2D eigenvalue weighted by Gasteiger charge is -2.21. The number of ether oxygens (including phenoxy) is 2. The average molecular weight is 579 g/mol. The molecule has 8 nitrogen and oxygen atoms in total. The van der Waals surface area contributed by atoms with Crippen LogP contribution in [0, 0.1) is 27.7 Å². The van der Waals surface area contributed by atoms with Crippen LogP contribution in [0.3, 0.4) is 0 Å². The largest absolute Gasteiger partial charge is 0.488 e. The second kappa shape index (κ2) is 12.1. The van der Waals surface area contributed by atoms with Crippen molar-refractivity contribution in [3.8, 4) is 22.9 Å². The van der Waals surface area contributed by atoms with Crippen molar-refractivity contribution in [2.45, 2.75) is 60.7 Å². The molecule has 0 atom stereocenters. The topological polar surface area (TPSA) is 82.9 Å². The second-order valence-electron chi connectivity index (χ2n) is 11.6. The Balaban J connectivity index is 1.16. The van der Waals surface area contributed by atoms with Crippen molar-refractivity contribution in [1.82, 2.24) is 14.6 Å². The minimum Gasteiger partial charge on any atom is -0.488 e. The fourth-order valence-electron chi connectivity index (χ4n) is 5.05. The van der Waals surface area contributed by atoms with Gasteiger partial charge in [-0.25, -0.2) is 5.43 Å². The number of hydrogen-bond acceptors (Lipinski definition) is 5. The van der Waals surface area contributed by atoms with Crippen molar-refractivity contribution in [1.29, 1.82) is 0 Å². The van der Waals surface area contributed by atoms with Gasteiger partial charge < -0.3 is 23.0 Å². The Morgan fingerprint density at radius 2 is 1.42 bits per heavy atom. The second-order valence-corrected chi connectivity index (χ2v) is 11.6. The van der Waals surface area contributed by atoms with Crippen LogP contribution in [0.4, 0.5) is 0 Å². The Labute approximate surface area is 252 Å². The number of benzene rings is 2. The summed E-state index contributed by atoms with van der Waals surface area (Å²) < 4.78 is 21.8. The number of nitrogens with one attached hydrogen (secondary N) is 1. The molecular weight excluding hydrogens is 540 g/mol. The predicted molar refractivity (Wildman–Crippen MR) is 169 cm³/mol. The number of hydrogen-bond donors (Lipinski definition) is 1. The van der Waals surface area contributed by atoms with E-state index in [1.54, 1.807) is 18.3 Å². The molecule has 5 rings (SSSR count). The number of furan rings is 1. The smallest absolute Gasteiger partial charge is 0.307 e. The molecule has 1 amide bonds. The number of aromatic nitrogens is 2. The van der Waals surface area contributed by atoms with Crippen molar-refractivity contribution in [2.75, 3.05) is 0 Å². The number of rotatable bonds is 9. The Morgan fingerprint density at radius 1 is 0.814 bits per heavy atom. The van der Waals surface area contributed by atoms with Gasteiger partial charge in [-0.2, -0.15) is 5.10 Å². The van der Waals surface area contributed by atoms with E-state index in [1.165, 1.54) is 11.4 Å². The lowest BCUT2D eigenvalue weighted by molar-refractivity contribution is 0.0923. The van der Waals surface area contributed by atoms with Crippen LogP contribution in [0.5, 0.6) is 11.5 Å². The van der Waals surface area contributed by atoms with Gasteiger partial charge in [0.2, 0.25) is 0 Å². The van der Waals surface area contributed by atoms with Crippen molar-refractivity contribution in [3.63, 3.8) is 0 Å². The summed E-state index contributed by atoms with van der Waals surface area (Å²) in [6.45, 7) is 14.5. The summed E-state index contributed by atoms with van der Waals surface area (Å²) in [7, 11) is 0. The third-order valence-corrected chi connectivity index (χ3v) is 6.99. The number of hydrazone groups is 1. The predicted octanol–water partition coefficient (Wildman–Crippen LogP) is 7.61. The third-order valence-electron chi connectivity index (χ3n) is 6.99. The maximum absolute atomic E-state index is 12.7. The molecule has 0 spiro atoms. The summed E-state index contributed by atoms with van der Waals surface area (Å²) in [5.41, 5.74) is 9.70. The van der Waals surface area contributed by atoms with Gasteiger partial charge >= 0.3 is 5.91 Å². The zero-order valence-corrected chi connectivity index (χ0v) is 25.8. The Bertz CT molecular complexity index is 1730. The van der Waals surface area contributed by atoms with Crippen LogP contribution in [-0.2, 0) is 6.61 Å². The summed E-state index contributed by atoms with van der Waals surface area (Å²) in [5, 5.41) is 4.17. The number of amides is 1. The van der Waals surface area contributed by atoms with E-state index < -0.39 is 5.91 Å². The number of carbonyl (C=O) groups is 1.